The van der Waals surface area contributed by atoms with Crippen LogP contribution in [-0.2, 0) is 9.59 Å². The van der Waals surface area contributed by atoms with Crippen molar-refractivity contribution >= 4 is 11.9 Å². The second kappa shape index (κ2) is 4.41. The van der Waals surface area contributed by atoms with Gasteiger partial charge in [0.25, 0.3) is 0 Å². The molecule has 0 fully saturated rings. The van der Waals surface area contributed by atoms with E-state index in [4.69, 9.17) is 5.11 Å². The number of rotatable bonds is 4. The minimum absolute atomic E-state index is 0.756. The zero-order valence-corrected chi connectivity index (χ0v) is 7.07. The molecule has 15 heavy (non-hydrogen) atoms. The monoisotopic (exact) mass is 235 g/mol. The predicted molar refractivity (Wildman–Crippen MR) is 36.5 cm³/mol. The van der Waals surface area contributed by atoms with Gasteiger partial charge >= 0.3 is 18.1 Å². The first-order valence-electron chi connectivity index (χ1n) is 3.44. The molecule has 0 saturated carbocycles. The van der Waals surface area contributed by atoms with Gasteiger partial charge in [0.1, 0.15) is 13.3 Å². The lowest BCUT2D eigenvalue weighted by Gasteiger charge is -2.24. The smallest absolute Gasteiger partial charge is 0.471 e. The first-order chi connectivity index (χ1) is 6.69. The van der Waals surface area contributed by atoms with E-state index in [1.165, 1.54) is 0 Å². The second-order valence-electron chi connectivity index (χ2n) is 2.61. The second-order valence-corrected chi connectivity index (χ2v) is 2.61. The van der Waals surface area contributed by atoms with Crippen molar-refractivity contribution in [1.82, 2.24) is 5.32 Å². The molecule has 0 unspecified atom stereocenters. The number of carbonyl (C=O) groups is 2. The zero-order valence-electron chi connectivity index (χ0n) is 7.07. The Morgan fingerprint density at radius 3 is 1.73 bits per heavy atom. The molecular weight excluding hydrogens is 229 g/mol. The van der Waals surface area contributed by atoms with Crippen LogP contribution in [0.3, 0.4) is 0 Å². The highest BCUT2D eigenvalue weighted by atomic mass is 19.4. The van der Waals surface area contributed by atoms with Gasteiger partial charge in [-0.15, -0.1) is 0 Å². The molecule has 0 radical (unpaired) electrons. The van der Waals surface area contributed by atoms with E-state index in [9.17, 15) is 31.5 Å². The predicted octanol–water partition coefficient (Wildman–Crippen LogP) is 0.427. The Hall–Kier alpha value is -1.41. The van der Waals surface area contributed by atoms with Gasteiger partial charge in [-0.2, -0.15) is 13.2 Å². The van der Waals surface area contributed by atoms with Crippen LogP contribution >= 0.6 is 0 Å². The number of aliphatic carboxylic acids is 1. The maximum absolute atomic E-state index is 12.1. The van der Waals surface area contributed by atoms with Crippen molar-refractivity contribution in [1.29, 1.82) is 0 Å². The molecule has 4 nitrogen and oxygen atoms in total. The SMILES string of the molecule is O=C(NC(CF)(CF)C(=O)O)C(F)(F)F. The molecule has 88 valence electrons. The summed E-state index contributed by atoms with van der Waals surface area (Å²) in [6.07, 6.45) is -5.40. The van der Waals surface area contributed by atoms with E-state index in [0.29, 0.717) is 0 Å². The van der Waals surface area contributed by atoms with Gasteiger partial charge in [-0.25, -0.2) is 13.6 Å². The number of carboxylic acids is 1. The average molecular weight is 235 g/mol. The summed E-state index contributed by atoms with van der Waals surface area (Å²) < 4.78 is 59.2. The lowest BCUT2D eigenvalue weighted by atomic mass is 10.0. The molecule has 0 aromatic carbocycles. The van der Waals surface area contributed by atoms with Gasteiger partial charge in [-0.1, -0.05) is 0 Å². The van der Waals surface area contributed by atoms with E-state index in [1.807, 2.05) is 0 Å². The number of halogens is 5. The number of hydrogen-bond donors (Lipinski definition) is 2. The molecule has 0 atom stereocenters. The van der Waals surface area contributed by atoms with Crippen LogP contribution in [0.2, 0.25) is 0 Å². The Balaban J connectivity index is 4.85. The summed E-state index contributed by atoms with van der Waals surface area (Å²) in [5, 5.41) is 9.03. The van der Waals surface area contributed by atoms with Gasteiger partial charge in [0, 0.05) is 0 Å². The van der Waals surface area contributed by atoms with Crippen LogP contribution in [0.5, 0.6) is 0 Å². The zero-order chi connectivity index (χ0) is 12.3. The van der Waals surface area contributed by atoms with Crippen LogP contribution < -0.4 is 5.32 Å². The van der Waals surface area contributed by atoms with Gasteiger partial charge in [0.2, 0.25) is 0 Å². The molecule has 0 aliphatic heterocycles. The highest BCUT2D eigenvalue weighted by molar-refractivity contribution is 5.89. The highest BCUT2D eigenvalue weighted by Gasteiger charge is 2.48. The van der Waals surface area contributed by atoms with E-state index in [-0.39, 0.29) is 0 Å². The van der Waals surface area contributed by atoms with Crippen molar-refractivity contribution in [2.24, 2.45) is 0 Å². The number of nitrogens with one attached hydrogen (secondary N) is 1. The third kappa shape index (κ3) is 3.03. The van der Waals surface area contributed by atoms with Gasteiger partial charge in [0.05, 0.1) is 0 Å². The fraction of sp³-hybridized carbons (Fsp3) is 0.667. The largest absolute Gasteiger partial charge is 0.479 e. The summed E-state index contributed by atoms with van der Waals surface area (Å²) in [4.78, 5) is 20.6. The van der Waals surface area contributed by atoms with Gasteiger partial charge < -0.3 is 10.4 Å². The fourth-order valence-corrected chi connectivity index (χ4v) is 0.559. The first-order valence-corrected chi connectivity index (χ1v) is 3.44. The van der Waals surface area contributed by atoms with Crippen molar-refractivity contribution < 1.29 is 36.6 Å². The maximum atomic E-state index is 12.1. The summed E-state index contributed by atoms with van der Waals surface area (Å²) in [5.74, 6) is -4.93. The normalized spacial score (nSPS) is 12.3. The fourth-order valence-electron chi connectivity index (χ4n) is 0.559. The molecule has 0 aliphatic rings. The first kappa shape index (κ1) is 13.6. The van der Waals surface area contributed by atoms with Crippen LogP contribution in [0, 0.1) is 0 Å². The van der Waals surface area contributed by atoms with Crippen LogP contribution in [0.4, 0.5) is 22.0 Å². The molecule has 0 heterocycles. The van der Waals surface area contributed by atoms with Crippen molar-refractivity contribution in [3.63, 3.8) is 0 Å². The average Bonchev–Trinajstić information content (AvgIpc) is 2.11. The highest BCUT2D eigenvalue weighted by Crippen LogP contribution is 2.17. The summed E-state index contributed by atoms with van der Waals surface area (Å²) >= 11 is 0. The van der Waals surface area contributed by atoms with E-state index >= 15 is 0 Å². The molecule has 0 saturated heterocycles. The molecule has 0 bridgehead atoms. The van der Waals surface area contributed by atoms with Crippen LogP contribution in [-0.4, -0.2) is 42.0 Å². The molecule has 0 aromatic rings. The summed E-state index contributed by atoms with van der Waals surface area (Å²) in [5.41, 5.74) is -3.17. The van der Waals surface area contributed by atoms with Gasteiger partial charge in [0.15, 0.2) is 5.54 Å². The topological polar surface area (TPSA) is 66.4 Å². The Morgan fingerprint density at radius 2 is 1.53 bits per heavy atom. The molecule has 0 aromatic heterocycles. The van der Waals surface area contributed by atoms with Crippen molar-refractivity contribution in [3.8, 4) is 0 Å². The minimum Gasteiger partial charge on any atom is -0.479 e. The van der Waals surface area contributed by atoms with Crippen LogP contribution in [0.1, 0.15) is 0 Å². The van der Waals surface area contributed by atoms with E-state index in [2.05, 4.69) is 0 Å². The lowest BCUT2D eigenvalue weighted by molar-refractivity contribution is -0.178. The van der Waals surface area contributed by atoms with E-state index < -0.39 is 36.9 Å². The Bertz CT molecular complexity index is 260. The van der Waals surface area contributed by atoms with Gasteiger partial charge in [-0.05, 0) is 0 Å². The Morgan fingerprint density at radius 1 is 1.13 bits per heavy atom. The molecule has 9 heteroatoms. The number of hydrogen-bond acceptors (Lipinski definition) is 2. The maximum Gasteiger partial charge on any atom is 0.471 e. The van der Waals surface area contributed by atoms with Gasteiger partial charge in [-0.3, -0.25) is 4.79 Å². The Labute approximate surface area is 80.1 Å². The third-order valence-corrected chi connectivity index (χ3v) is 1.48. The number of carboxylic acid groups (broad SMARTS) is 1. The van der Waals surface area contributed by atoms with Crippen molar-refractivity contribution in [2.45, 2.75) is 11.7 Å². The Kier molecular flexibility index (Phi) is 3.99. The molecule has 0 spiro atoms. The van der Waals surface area contributed by atoms with E-state index in [1.54, 1.807) is 0 Å². The summed E-state index contributed by atoms with van der Waals surface area (Å²) in [6.45, 7) is -3.97. The molecule has 2 N–H and O–H groups in total. The minimum atomic E-state index is -5.40. The van der Waals surface area contributed by atoms with Crippen LogP contribution in [0.15, 0.2) is 0 Å². The summed E-state index contributed by atoms with van der Waals surface area (Å²) in [6, 6.07) is 0. The molecular formula is C6H6F5NO3. The van der Waals surface area contributed by atoms with E-state index in [0.717, 1.165) is 5.32 Å². The lowest BCUT2D eigenvalue weighted by Crippen LogP contribution is -2.60. The number of amides is 1. The molecule has 1 amide bonds. The standard InChI is InChI=1S/C6H6F5NO3/c7-1-5(2-8,4(14)15)12-3(13)6(9,10)11/h1-2H2,(H,12,13)(H,14,15). The van der Waals surface area contributed by atoms with Crippen LogP contribution in [0.25, 0.3) is 0 Å². The third-order valence-electron chi connectivity index (χ3n) is 1.48. The molecule has 0 rings (SSSR count). The number of alkyl halides is 5. The summed E-state index contributed by atoms with van der Waals surface area (Å²) in [7, 11) is 0. The van der Waals surface area contributed by atoms with Crippen molar-refractivity contribution in [3.05, 3.63) is 0 Å². The number of carbonyl (C=O) groups excluding carboxylic acids is 1. The quantitative estimate of drug-likeness (QED) is 0.694. The molecule has 0 aliphatic carbocycles. The van der Waals surface area contributed by atoms with Crippen molar-refractivity contribution in [2.75, 3.05) is 13.3 Å².